The van der Waals surface area contributed by atoms with Gasteiger partial charge in [-0.2, -0.15) is 0 Å². The highest BCUT2D eigenvalue weighted by Crippen LogP contribution is 2.28. The van der Waals surface area contributed by atoms with E-state index in [1.165, 1.54) is 32.1 Å². The van der Waals surface area contributed by atoms with Gasteiger partial charge in [-0.1, -0.05) is 31.4 Å². The normalized spacial score (nSPS) is 24.1. The zero-order valence-electron chi connectivity index (χ0n) is 12.3. The minimum absolute atomic E-state index is 0.118. The number of hydrogen-bond donors (Lipinski definition) is 1. The zero-order chi connectivity index (χ0) is 14.7. The third kappa shape index (κ3) is 3.38. The van der Waals surface area contributed by atoms with Gasteiger partial charge in [-0.3, -0.25) is 4.90 Å². The van der Waals surface area contributed by atoms with E-state index in [9.17, 15) is 9.90 Å². The van der Waals surface area contributed by atoms with Crippen LogP contribution in [0, 0.1) is 0 Å². The van der Waals surface area contributed by atoms with E-state index in [1.807, 2.05) is 6.07 Å². The summed E-state index contributed by atoms with van der Waals surface area (Å²) in [7, 11) is 0. The van der Waals surface area contributed by atoms with Gasteiger partial charge in [-0.05, 0) is 31.4 Å². The first-order valence-corrected chi connectivity index (χ1v) is 7.97. The third-order valence-corrected chi connectivity index (χ3v) is 4.68. The van der Waals surface area contributed by atoms with Crippen LogP contribution >= 0.6 is 0 Å². The Labute approximate surface area is 125 Å². The lowest BCUT2D eigenvalue weighted by Crippen LogP contribution is -2.36. The molecule has 21 heavy (non-hydrogen) atoms. The third-order valence-electron chi connectivity index (χ3n) is 4.68. The van der Waals surface area contributed by atoms with Crippen molar-refractivity contribution in [3.63, 3.8) is 0 Å². The van der Waals surface area contributed by atoms with Crippen LogP contribution in [0.3, 0.4) is 0 Å². The summed E-state index contributed by atoms with van der Waals surface area (Å²) in [5.41, 5.74) is 0.258. The molecule has 0 amide bonds. The molecule has 1 heterocycles. The van der Waals surface area contributed by atoms with E-state index in [2.05, 4.69) is 4.90 Å². The summed E-state index contributed by atoms with van der Waals surface area (Å²) < 4.78 is 5.97. The molecule has 2 fully saturated rings. The average molecular weight is 289 g/mol. The largest absolute Gasteiger partial charge is 0.488 e. The van der Waals surface area contributed by atoms with Crippen molar-refractivity contribution < 1.29 is 14.6 Å². The fraction of sp³-hybridized carbons (Fsp3) is 0.588. The Bertz CT molecular complexity index is 497. The molecule has 0 bridgehead atoms. The number of carbonyl (C=O) groups is 1. The number of carboxylic acid groups (broad SMARTS) is 1. The summed E-state index contributed by atoms with van der Waals surface area (Å²) >= 11 is 0. The highest BCUT2D eigenvalue weighted by molar-refractivity contribution is 5.90. The van der Waals surface area contributed by atoms with Crippen LogP contribution in [0.4, 0.5) is 0 Å². The second-order valence-corrected chi connectivity index (χ2v) is 6.12. The number of para-hydroxylation sites is 1. The van der Waals surface area contributed by atoms with Crippen molar-refractivity contribution in [3.8, 4) is 5.75 Å². The van der Waals surface area contributed by atoms with E-state index in [0.717, 1.165) is 19.5 Å². The van der Waals surface area contributed by atoms with Crippen molar-refractivity contribution in [1.29, 1.82) is 0 Å². The van der Waals surface area contributed by atoms with Crippen molar-refractivity contribution in [3.05, 3.63) is 29.8 Å². The smallest absolute Gasteiger partial charge is 0.339 e. The number of ether oxygens (including phenoxy) is 1. The van der Waals surface area contributed by atoms with E-state index in [-0.39, 0.29) is 11.7 Å². The maximum Gasteiger partial charge on any atom is 0.339 e. The molecule has 1 aromatic rings. The van der Waals surface area contributed by atoms with Gasteiger partial charge in [0.05, 0.1) is 0 Å². The molecule has 3 rings (SSSR count). The maximum absolute atomic E-state index is 11.2. The van der Waals surface area contributed by atoms with Gasteiger partial charge in [0.15, 0.2) is 0 Å². The van der Waals surface area contributed by atoms with Gasteiger partial charge in [-0.15, -0.1) is 0 Å². The van der Waals surface area contributed by atoms with Gasteiger partial charge < -0.3 is 9.84 Å². The summed E-state index contributed by atoms with van der Waals surface area (Å²) in [6, 6.07) is 7.63. The molecular weight excluding hydrogens is 266 g/mol. The SMILES string of the molecule is O=C(O)c1ccccc1OC1CCN(C2CCCCC2)C1. The van der Waals surface area contributed by atoms with Crippen LogP contribution in [0.15, 0.2) is 24.3 Å². The number of rotatable bonds is 4. The van der Waals surface area contributed by atoms with Gasteiger partial charge in [-0.25, -0.2) is 4.79 Å². The standard InChI is InChI=1S/C17H23NO3/c19-17(20)15-8-4-5-9-16(15)21-14-10-11-18(12-14)13-6-2-1-3-7-13/h4-5,8-9,13-14H,1-3,6-7,10-12H2,(H,19,20). The minimum atomic E-state index is -0.923. The highest BCUT2D eigenvalue weighted by atomic mass is 16.5. The van der Waals surface area contributed by atoms with E-state index < -0.39 is 5.97 Å². The summed E-state index contributed by atoms with van der Waals surface area (Å²) in [6.45, 7) is 2.00. The lowest BCUT2D eigenvalue weighted by atomic mass is 9.94. The number of nitrogens with zero attached hydrogens (tertiary/aromatic N) is 1. The second-order valence-electron chi connectivity index (χ2n) is 6.12. The summed E-state index contributed by atoms with van der Waals surface area (Å²) in [4.78, 5) is 13.8. The van der Waals surface area contributed by atoms with Crippen LogP contribution < -0.4 is 4.74 Å². The lowest BCUT2D eigenvalue weighted by Gasteiger charge is -2.30. The first-order valence-electron chi connectivity index (χ1n) is 7.97. The fourth-order valence-corrected chi connectivity index (χ4v) is 3.55. The predicted octanol–water partition coefficient (Wildman–Crippen LogP) is 3.17. The molecule has 0 aromatic heterocycles. The number of hydrogen-bond acceptors (Lipinski definition) is 3. The molecule has 114 valence electrons. The Hall–Kier alpha value is -1.55. The summed E-state index contributed by atoms with van der Waals surface area (Å²) in [5.74, 6) is -0.423. The topological polar surface area (TPSA) is 49.8 Å². The summed E-state index contributed by atoms with van der Waals surface area (Å²) in [5, 5.41) is 9.21. The van der Waals surface area contributed by atoms with Crippen molar-refractivity contribution >= 4 is 5.97 Å². The van der Waals surface area contributed by atoms with Crippen molar-refractivity contribution in [2.75, 3.05) is 13.1 Å². The molecule has 4 heteroatoms. The number of benzene rings is 1. The molecule has 1 aliphatic carbocycles. The van der Waals surface area contributed by atoms with Gasteiger partial charge in [0.1, 0.15) is 17.4 Å². The quantitative estimate of drug-likeness (QED) is 0.925. The van der Waals surface area contributed by atoms with Crippen LogP contribution in [0.25, 0.3) is 0 Å². The van der Waals surface area contributed by atoms with Crippen LogP contribution in [0.2, 0.25) is 0 Å². The number of aromatic carboxylic acids is 1. The van der Waals surface area contributed by atoms with Crippen molar-refractivity contribution in [2.24, 2.45) is 0 Å². The number of likely N-dealkylation sites (tertiary alicyclic amines) is 1. The van der Waals surface area contributed by atoms with Crippen molar-refractivity contribution in [2.45, 2.75) is 50.7 Å². The Kier molecular flexibility index (Phi) is 4.44. The minimum Gasteiger partial charge on any atom is -0.488 e. The fourth-order valence-electron chi connectivity index (χ4n) is 3.55. The van der Waals surface area contributed by atoms with Gasteiger partial charge in [0.25, 0.3) is 0 Å². The molecule has 1 saturated carbocycles. The van der Waals surface area contributed by atoms with E-state index in [4.69, 9.17) is 4.74 Å². The average Bonchev–Trinajstić information content (AvgIpc) is 2.97. The predicted molar refractivity (Wildman–Crippen MR) is 80.9 cm³/mol. The summed E-state index contributed by atoms with van der Waals surface area (Å²) in [6.07, 6.45) is 7.77. The molecule has 0 radical (unpaired) electrons. The highest BCUT2D eigenvalue weighted by Gasteiger charge is 2.30. The van der Waals surface area contributed by atoms with Gasteiger partial charge >= 0.3 is 5.97 Å². The zero-order valence-corrected chi connectivity index (χ0v) is 12.3. The van der Waals surface area contributed by atoms with Gasteiger partial charge in [0, 0.05) is 19.1 Å². The Balaban J connectivity index is 1.61. The molecule has 4 nitrogen and oxygen atoms in total. The molecule has 1 unspecified atom stereocenters. The van der Waals surface area contributed by atoms with Crippen molar-refractivity contribution in [1.82, 2.24) is 4.90 Å². The van der Waals surface area contributed by atoms with Crippen LogP contribution in [0.1, 0.15) is 48.9 Å². The molecule has 1 saturated heterocycles. The lowest BCUT2D eigenvalue weighted by molar-refractivity contribution is 0.0688. The molecule has 1 N–H and O–H groups in total. The molecule has 1 atom stereocenters. The van der Waals surface area contributed by atoms with E-state index in [0.29, 0.717) is 11.8 Å². The Morgan fingerprint density at radius 3 is 2.67 bits per heavy atom. The van der Waals surface area contributed by atoms with E-state index in [1.54, 1.807) is 18.2 Å². The molecule has 0 spiro atoms. The van der Waals surface area contributed by atoms with E-state index >= 15 is 0 Å². The monoisotopic (exact) mass is 289 g/mol. The van der Waals surface area contributed by atoms with Crippen LogP contribution in [-0.2, 0) is 0 Å². The first-order chi connectivity index (χ1) is 10.2. The molecule has 1 aliphatic heterocycles. The maximum atomic E-state index is 11.2. The van der Waals surface area contributed by atoms with Gasteiger partial charge in [0.2, 0.25) is 0 Å². The Morgan fingerprint density at radius 1 is 1.14 bits per heavy atom. The Morgan fingerprint density at radius 2 is 1.90 bits per heavy atom. The second kappa shape index (κ2) is 6.48. The number of carboxylic acids is 1. The first kappa shape index (κ1) is 14.4. The molecule has 1 aromatic carbocycles. The van der Waals surface area contributed by atoms with Crippen LogP contribution in [-0.4, -0.2) is 41.2 Å². The molecule has 2 aliphatic rings. The molecular formula is C17H23NO3. The van der Waals surface area contributed by atoms with Crippen LogP contribution in [0.5, 0.6) is 5.75 Å².